The zero-order valence-electron chi connectivity index (χ0n) is 12.4. The van der Waals surface area contributed by atoms with Crippen molar-refractivity contribution < 1.29 is 13.6 Å². The smallest absolute Gasteiger partial charge is 0.248 e. The SMILES string of the molecule is Cn1ccsc1=NC(=O)CCc1ncc(-c2ccc(F)cc2)o1. The van der Waals surface area contributed by atoms with E-state index in [0.29, 0.717) is 22.9 Å². The fourth-order valence-electron chi connectivity index (χ4n) is 1.98. The average Bonchev–Trinajstić information content (AvgIpc) is 3.16. The monoisotopic (exact) mass is 331 g/mol. The van der Waals surface area contributed by atoms with Crippen LogP contribution in [0.5, 0.6) is 0 Å². The molecule has 7 heteroatoms. The standard InChI is InChI=1S/C16H14FN3O2S/c1-20-8-9-23-16(20)19-14(21)6-7-15-18-10-13(22-15)11-2-4-12(17)5-3-11/h2-5,8-10H,6-7H2,1H3. The minimum atomic E-state index is -0.303. The van der Waals surface area contributed by atoms with Gasteiger partial charge in [-0.3, -0.25) is 4.79 Å². The van der Waals surface area contributed by atoms with Gasteiger partial charge >= 0.3 is 0 Å². The van der Waals surface area contributed by atoms with Crippen LogP contribution in [-0.4, -0.2) is 15.5 Å². The molecule has 0 atom stereocenters. The number of hydrogen-bond acceptors (Lipinski definition) is 4. The molecule has 2 heterocycles. The third-order valence-corrected chi connectivity index (χ3v) is 4.06. The van der Waals surface area contributed by atoms with E-state index in [0.717, 1.165) is 5.56 Å². The number of aromatic nitrogens is 2. The highest BCUT2D eigenvalue weighted by molar-refractivity contribution is 7.07. The van der Waals surface area contributed by atoms with Gasteiger partial charge in [-0.2, -0.15) is 4.99 Å². The highest BCUT2D eigenvalue weighted by Gasteiger charge is 2.09. The number of hydrogen-bond donors (Lipinski definition) is 0. The van der Waals surface area contributed by atoms with Crippen LogP contribution in [0, 0.1) is 5.82 Å². The molecular weight excluding hydrogens is 317 g/mol. The quantitative estimate of drug-likeness (QED) is 0.738. The predicted octanol–water partition coefficient (Wildman–Crippen LogP) is 2.94. The third kappa shape index (κ3) is 3.81. The molecule has 0 radical (unpaired) electrons. The Bertz CT molecular complexity index is 877. The first-order valence-corrected chi connectivity index (χ1v) is 7.88. The van der Waals surface area contributed by atoms with Gasteiger partial charge in [-0.1, -0.05) is 0 Å². The van der Waals surface area contributed by atoms with E-state index in [-0.39, 0.29) is 18.1 Å². The molecule has 1 amide bonds. The van der Waals surface area contributed by atoms with Crippen molar-refractivity contribution in [3.8, 4) is 11.3 Å². The number of halogens is 1. The van der Waals surface area contributed by atoms with Crippen molar-refractivity contribution >= 4 is 17.2 Å². The molecule has 23 heavy (non-hydrogen) atoms. The summed E-state index contributed by atoms with van der Waals surface area (Å²) in [6.07, 6.45) is 4.02. The highest BCUT2D eigenvalue weighted by atomic mass is 32.1. The number of aryl methyl sites for hydroxylation is 2. The number of amides is 1. The van der Waals surface area contributed by atoms with Gasteiger partial charge in [0.2, 0.25) is 5.91 Å². The Balaban J connectivity index is 1.64. The lowest BCUT2D eigenvalue weighted by atomic mass is 10.2. The maximum Gasteiger partial charge on any atom is 0.248 e. The molecule has 118 valence electrons. The molecule has 3 rings (SSSR count). The molecule has 0 fully saturated rings. The van der Waals surface area contributed by atoms with Gasteiger partial charge in [0, 0.05) is 37.0 Å². The van der Waals surface area contributed by atoms with Gasteiger partial charge in [-0.15, -0.1) is 11.3 Å². The number of carbonyl (C=O) groups is 1. The van der Waals surface area contributed by atoms with E-state index in [2.05, 4.69) is 9.98 Å². The molecule has 2 aromatic heterocycles. The van der Waals surface area contributed by atoms with Crippen LogP contribution in [0.25, 0.3) is 11.3 Å². The number of rotatable bonds is 4. The fourth-order valence-corrected chi connectivity index (χ4v) is 2.73. The second-order valence-corrected chi connectivity index (χ2v) is 5.80. The predicted molar refractivity (Wildman–Crippen MR) is 84.1 cm³/mol. The first-order valence-electron chi connectivity index (χ1n) is 7.00. The molecule has 0 unspecified atom stereocenters. The van der Waals surface area contributed by atoms with Gasteiger partial charge in [-0.05, 0) is 24.3 Å². The summed E-state index contributed by atoms with van der Waals surface area (Å²) >= 11 is 1.41. The van der Waals surface area contributed by atoms with Gasteiger partial charge in [0.15, 0.2) is 16.5 Å². The van der Waals surface area contributed by atoms with Crippen LogP contribution >= 0.6 is 11.3 Å². The molecule has 5 nitrogen and oxygen atoms in total. The molecule has 0 aliphatic rings. The zero-order chi connectivity index (χ0) is 16.2. The molecule has 0 saturated carbocycles. The van der Waals surface area contributed by atoms with Crippen molar-refractivity contribution in [3.63, 3.8) is 0 Å². The van der Waals surface area contributed by atoms with Crippen molar-refractivity contribution in [3.05, 3.63) is 58.5 Å². The molecule has 0 aliphatic heterocycles. The normalized spacial score (nSPS) is 11.8. The van der Waals surface area contributed by atoms with Crippen LogP contribution in [0.15, 0.2) is 51.4 Å². The third-order valence-electron chi connectivity index (χ3n) is 3.22. The van der Waals surface area contributed by atoms with E-state index in [1.807, 2.05) is 18.6 Å². The summed E-state index contributed by atoms with van der Waals surface area (Å²) in [6.45, 7) is 0. The summed E-state index contributed by atoms with van der Waals surface area (Å²) in [5, 5.41) is 1.87. The van der Waals surface area contributed by atoms with Crippen LogP contribution in [-0.2, 0) is 18.3 Å². The fraction of sp³-hybridized carbons (Fsp3) is 0.188. The summed E-state index contributed by atoms with van der Waals surface area (Å²) in [5.41, 5.74) is 0.742. The van der Waals surface area contributed by atoms with Crippen molar-refractivity contribution in [1.82, 2.24) is 9.55 Å². The lowest BCUT2D eigenvalue weighted by Gasteiger charge is -1.96. The lowest BCUT2D eigenvalue weighted by Crippen LogP contribution is -2.12. The van der Waals surface area contributed by atoms with E-state index >= 15 is 0 Å². The van der Waals surface area contributed by atoms with E-state index in [9.17, 15) is 9.18 Å². The Hall–Kier alpha value is -2.54. The van der Waals surface area contributed by atoms with Crippen molar-refractivity contribution in [2.45, 2.75) is 12.8 Å². The Kier molecular flexibility index (Phi) is 4.47. The Labute approximate surface area is 135 Å². The minimum absolute atomic E-state index is 0.218. The van der Waals surface area contributed by atoms with E-state index in [1.165, 1.54) is 23.5 Å². The molecule has 1 aromatic carbocycles. The molecule has 0 N–H and O–H groups in total. The first-order chi connectivity index (χ1) is 11.1. The molecule has 0 aliphatic carbocycles. The van der Waals surface area contributed by atoms with Crippen LogP contribution in [0.2, 0.25) is 0 Å². The molecular formula is C16H14FN3O2S. The van der Waals surface area contributed by atoms with Crippen molar-refractivity contribution in [1.29, 1.82) is 0 Å². The van der Waals surface area contributed by atoms with Crippen molar-refractivity contribution in [2.24, 2.45) is 12.0 Å². The van der Waals surface area contributed by atoms with Crippen molar-refractivity contribution in [2.75, 3.05) is 0 Å². The van der Waals surface area contributed by atoms with Crippen LogP contribution < -0.4 is 4.80 Å². The maximum absolute atomic E-state index is 12.9. The first kappa shape index (κ1) is 15.4. The van der Waals surface area contributed by atoms with E-state index < -0.39 is 0 Å². The maximum atomic E-state index is 12.9. The average molecular weight is 331 g/mol. The topological polar surface area (TPSA) is 60.4 Å². The summed E-state index contributed by atoms with van der Waals surface area (Å²) in [5.74, 6) is 0.490. The number of oxazole rings is 1. The second-order valence-electron chi connectivity index (χ2n) is 4.93. The van der Waals surface area contributed by atoms with Crippen LogP contribution in [0.3, 0.4) is 0 Å². The molecule has 0 saturated heterocycles. The van der Waals surface area contributed by atoms with Gasteiger partial charge < -0.3 is 8.98 Å². The van der Waals surface area contributed by atoms with Gasteiger partial charge in [0.25, 0.3) is 0 Å². The lowest BCUT2D eigenvalue weighted by molar-refractivity contribution is -0.118. The van der Waals surface area contributed by atoms with Crippen LogP contribution in [0.1, 0.15) is 12.3 Å². The van der Waals surface area contributed by atoms with Crippen LogP contribution in [0.4, 0.5) is 4.39 Å². The Morgan fingerprint density at radius 1 is 1.39 bits per heavy atom. The summed E-state index contributed by atoms with van der Waals surface area (Å²) in [4.78, 5) is 20.7. The number of carbonyl (C=O) groups excluding carboxylic acids is 1. The van der Waals surface area contributed by atoms with Gasteiger partial charge in [0.05, 0.1) is 6.20 Å². The number of nitrogens with zero attached hydrogens (tertiary/aromatic N) is 3. The minimum Gasteiger partial charge on any atom is -0.441 e. The summed E-state index contributed by atoms with van der Waals surface area (Å²) in [7, 11) is 1.84. The number of thiazole rings is 1. The number of benzene rings is 1. The van der Waals surface area contributed by atoms with E-state index in [4.69, 9.17) is 4.42 Å². The zero-order valence-corrected chi connectivity index (χ0v) is 13.2. The molecule has 0 bridgehead atoms. The summed E-state index contributed by atoms with van der Waals surface area (Å²) in [6, 6.07) is 5.97. The van der Waals surface area contributed by atoms with Gasteiger partial charge in [0.1, 0.15) is 5.82 Å². The summed E-state index contributed by atoms with van der Waals surface area (Å²) < 4.78 is 20.3. The highest BCUT2D eigenvalue weighted by Crippen LogP contribution is 2.21. The Morgan fingerprint density at radius 2 is 2.17 bits per heavy atom. The van der Waals surface area contributed by atoms with E-state index in [1.54, 1.807) is 22.9 Å². The Morgan fingerprint density at radius 3 is 2.87 bits per heavy atom. The molecule has 0 spiro atoms. The molecule has 3 aromatic rings. The van der Waals surface area contributed by atoms with Gasteiger partial charge in [-0.25, -0.2) is 9.37 Å². The largest absolute Gasteiger partial charge is 0.441 e. The second kappa shape index (κ2) is 6.70.